The van der Waals surface area contributed by atoms with Crippen LogP contribution in [0.1, 0.15) is 51.3 Å². The maximum atomic E-state index is 12.9. The molecule has 0 saturated heterocycles. The Kier molecular flexibility index (Phi) is 14.7. The van der Waals surface area contributed by atoms with Crippen LogP contribution in [0.4, 0.5) is 0 Å². The third-order valence-corrected chi connectivity index (χ3v) is 8.19. The van der Waals surface area contributed by atoms with Crippen molar-refractivity contribution in [3.8, 4) is 0 Å². The van der Waals surface area contributed by atoms with Crippen LogP contribution in [-0.2, 0) is 24.2 Å². The van der Waals surface area contributed by atoms with Crippen LogP contribution in [0, 0.1) is 5.41 Å². The normalized spacial score (nSPS) is 12.0. The monoisotopic (exact) mass is 584 g/mol. The molecule has 1 N–H and O–H groups in total. The maximum Gasteiger partial charge on any atom is 0.694 e. The van der Waals surface area contributed by atoms with Gasteiger partial charge in [-0.2, -0.15) is 0 Å². The summed E-state index contributed by atoms with van der Waals surface area (Å²) >= 11 is 1.08. The summed E-state index contributed by atoms with van der Waals surface area (Å²) < 4.78 is 22.1. The molecule has 3 aromatic carbocycles. The number of carbonyl (C=O) groups is 1. The lowest BCUT2D eigenvalue weighted by Gasteiger charge is -2.38. The number of carbonyl (C=O) groups excluding carboxylic acids is 1. The van der Waals surface area contributed by atoms with E-state index in [1.54, 1.807) is 0 Å². The first kappa shape index (κ1) is 33.8. The Morgan fingerprint density at radius 1 is 0.800 bits per heavy atom. The minimum atomic E-state index is -2.66. The van der Waals surface area contributed by atoms with Gasteiger partial charge in [0.05, 0.1) is 12.0 Å². The summed E-state index contributed by atoms with van der Waals surface area (Å²) in [4.78, 5) is 24.1. The van der Waals surface area contributed by atoms with Crippen molar-refractivity contribution >= 4 is 25.1 Å². The second-order valence-electron chi connectivity index (χ2n) is 9.78. The SMILES string of the molecule is CC(C)(COC(c1ccccc1)(c1ccccc1)c1ccccc1)C(=O)SCCO[P+](=O)O.CCN(CC)CC. The molecule has 0 aliphatic carbocycles. The van der Waals surface area contributed by atoms with Gasteiger partial charge in [-0.05, 0) is 50.2 Å². The van der Waals surface area contributed by atoms with Crippen molar-refractivity contribution in [3.63, 3.8) is 0 Å². The second-order valence-corrected chi connectivity index (χ2v) is 11.6. The Bertz CT molecular complexity index is 1040. The van der Waals surface area contributed by atoms with Gasteiger partial charge in [-0.1, -0.05) is 124 Å². The molecule has 0 fully saturated rings. The van der Waals surface area contributed by atoms with Crippen LogP contribution in [-0.4, -0.2) is 53.5 Å². The number of hydrogen-bond acceptors (Lipinski definition) is 6. The van der Waals surface area contributed by atoms with Crippen molar-refractivity contribution in [2.24, 2.45) is 5.41 Å². The molecular weight excluding hydrogens is 541 g/mol. The summed E-state index contributed by atoms with van der Waals surface area (Å²) in [5, 5.41) is -0.0673. The number of hydrogen-bond donors (Lipinski definition) is 1. The largest absolute Gasteiger partial charge is 0.694 e. The van der Waals surface area contributed by atoms with Crippen molar-refractivity contribution in [1.82, 2.24) is 4.90 Å². The molecule has 1 atom stereocenters. The molecule has 0 spiro atoms. The van der Waals surface area contributed by atoms with E-state index in [0.29, 0.717) is 5.75 Å². The highest BCUT2D eigenvalue weighted by Crippen LogP contribution is 2.42. The second kappa shape index (κ2) is 17.4. The first-order valence-corrected chi connectivity index (χ1v) is 15.8. The summed E-state index contributed by atoms with van der Waals surface area (Å²) in [7, 11) is -2.66. The van der Waals surface area contributed by atoms with E-state index < -0.39 is 19.3 Å². The molecule has 0 heterocycles. The Hall–Kier alpha value is -2.38. The van der Waals surface area contributed by atoms with Crippen LogP contribution in [0.5, 0.6) is 0 Å². The van der Waals surface area contributed by atoms with E-state index in [2.05, 4.69) is 30.2 Å². The zero-order chi connectivity index (χ0) is 29.4. The lowest BCUT2D eigenvalue weighted by atomic mass is 9.79. The Balaban J connectivity index is 0.000000708. The first-order chi connectivity index (χ1) is 19.2. The number of thioether (sulfide) groups is 1. The zero-order valence-electron chi connectivity index (χ0n) is 24.3. The number of benzene rings is 3. The van der Waals surface area contributed by atoms with Crippen molar-refractivity contribution in [2.75, 3.05) is 38.6 Å². The fraction of sp³-hybridized carbons (Fsp3) is 0.406. The Labute approximate surface area is 245 Å². The van der Waals surface area contributed by atoms with Crippen LogP contribution in [0.15, 0.2) is 91.0 Å². The van der Waals surface area contributed by atoms with Crippen LogP contribution in [0.3, 0.4) is 0 Å². The van der Waals surface area contributed by atoms with Gasteiger partial charge in [-0.25, -0.2) is 0 Å². The van der Waals surface area contributed by atoms with E-state index >= 15 is 0 Å². The molecule has 0 aliphatic heterocycles. The van der Waals surface area contributed by atoms with Gasteiger partial charge in [-0.3, -0.25) is 4.79 Å². The smallest absolute Gasteiger partial charge is 0.360 e. The van der Waals surface area contributed by atoms with E-state index in [4.69, 9.17) is 9.63 Å². The van der Waals surface area contributed by atoms with Gasteiger partial charge in [0.1, 0.15) is 12.2 Å². The topological polar surface area (TPSA) is 76.1 Å². The van der Waals surface area contributed by atoms with E-state index in [-0.39, 0.29) is 18.3 Å². The molecule has 6 nitrogen and oxygen atoms in total. The quantitative estimate of drug-likeness (QED) is 0.121. The number of rotatable bonds is 14. The lowest BCUT2D eigenvalue weighted by Crippen LogP contribution is -2.38. The molecule has 0 amide bonds. The minimum Gasteiger partial charge on any atom is -0.360 e. The zero-order valence-corrected chi connectivity index (χ0v) is 26.0. The number of ether oxygens (including phenoxy) is 1. The molecule has 216 valence electrons. The summed E-state index contributed by atoms with van der Waals surface area (Å²) in [5.74, 6) is 0.297. The average molecular weight is 585 g/mol. The lowest BCUT2D eigenvalue weighted by molar-refractivity contribution is -0.124. The molecule has 3 rings (SSSR count). The van der Waals surface area contributed by atoms with Crippen LogP contribution >= 0.6 is 20.0 Å². The first-order valence-electron chi connectivity index (χ1n) is 13.7. The van der Waals surface area contributed by atoms with Gasteiger partial charge in [0.25, 0.3) is 0 Å². The summed E-state index contributed by atoms with van der Waals surface area (Å²) in [6.45, 7) is 14.0. The van der Waals surface area contributed by atoms with Gasteiger partial charge in [-0.15, -0.1) is 9.42 Å². The molecular formula is C32H43NO5PS+. The fourth-order valence-corrected chi connectivity index (χ4v) is 5.40. The fourth-order valence-electron chi connectivity index (χ4n) is 4.23. The average Bonchev–Trinajstić information content (AvgIpc) is 2.98. The van der Waals surface area contributed by atoms with Crippen molar-refractivity contribution in [1.29, 1.82) is 0 Å². The maximum absolute atomic E-state index is 12.9. The van der Waals surface area contributed by atoms with Gasteiger partial charge in [0.2, 0.25) is 0 Å². The van der Waals surface area contributed by atoms with Crippen LogP contribution in [0.25, 0.3) is 0 Å². The third kappa shape index (κ3) is 9.91. The van der Waals surface area contributed by atoms with Gasteiger partial charge < -0.3 is 9.64 Å². The van der Waals surface area contributed by atoms with Crippen molar-refractivity contribution in [2.45, 2.75) is 40.2 Å². The standard InChI is InChI=1S/C26H27O5PS.C6H15N/c1-25(2,24(27)33-19-18-31-32(28)29)20-30-26(21-12-6-3-7-13-21,22-14-8-4-9-15-22)23-16-10-5-11-17-23;1-4-7(5-2)6-3/h3-17H,18-20H2,1-2H3;4-6H2,1-3H3/p+1. The Morgan fingerprint density at radius 3 is 1.52 bits per heavy atom. The molecule has 3 aromatic rings. The van der Waals surface area contributed by atoms with Gasteiger partial charge in [0, 0.05) is 10.3 Å². The molecule has 0 saturated carbocycles. The highest BCUT2D eigenvalue weighted by molar-refractivity contribution is 8.13. The molecule has 40 heavy (non-hydrogen) atoms. The predicted molar refractivity (Wildman–Crippen MR) is 166 cm³/mol. The van der Waals surface area contributed by atoms with E-state index in [1.807, 2.05) is 105 Å². The van der Waals surface area contributed by atoms with E-state index in [9.17, 15) is 9.36 Å². The van der Waals surface area contributed by atoms with Crippen LogP contribution in [0.2, 0.25) is 0 Å². The van der Waals surface area contributed by atoms with Gasteiger partial charge in [0.15, 0.2) is 5.12 Å². The molecule has 1 unspecified atom stereocenters. The Morgan fingerprint density at radius 2 is 1.20 bits per heavy atom. The van der Waals surface area contributed by atoms with Crippen molar-refractivity contribution < 1.29 is 23.5 Å². The minimum absolute atomic E-state index is 0.0288. The number of nitrogens with zero attached hydrogens (tertiary/aromatic N) is 1. The van der Waals surface area contributed by atoms with E-state index in [1.165, 1.54) is 19.6 Å². The summed E-state index contributed by atoms with van der Waals surface area (Å²) in [5.41, 5.74) is 1.22. The molecule has 0 aromatic heterocycles. The summed E-state index contributed by atoms with van der Waals surface area (Å²) in [6, 6.07) is 30.0. The van der Waals surface area contributed by atoms with Crippen LogP contribution < -0.4 is 0 Å². The van der Waals surface area contributed by atoms with E-state index in [0.717, 1.165) is 28.5 Å². The molecule has 8 heteroatoms. The van der Waals surface area contributed by atoms with Gasteiger partial charge >= 0.3 is 8.25 Å². The third-order valence-electron chi connectivity index (χ3n) is 6.60. The summed E-state index contributed by atoms with van der Waals surface area (Å²) in [6.07, 6.45) is 0. The predicted octanol–water partition coefficient (Wildman–Crippen LogP) is 7.30. The highest BCUT2D eigenvalue weighted by Gasteiger charge is 2.40. The molecule has 0 bridgehead atoms. The van der Waals surface area contributed by atoms with Crippen molar-refractivity contribution in [3.05, 3.63) is 108 Å². The molecule has 0 aliphatic rings. The highest BCUT2D eigenvalue weighted by atomic mass is 32.2. The molecule has 0 radical (unpaired) electrons.